The van der Waals surface area contributed by atoms with Crippen LogP contribution in [0.15, 0.2) is 243 Å². The molecule has 0 aliphatic rings. The summed E-state index contributed by atoms with van der Waals surface area (Å²) < 4.78 is 40.7. The highest BCUT2D eigenvalue weighted by Gasteiger charge is 2.20. The molecule has 10 N–H and O–H groups in total. The van der Waals surface area contributed by atoms with Crippen molar-refractivity contribution in [3.05, 3.63) is 321 Å². The van der Waals surface area contributed by atoms with E-state index in [-0.39, 0.29) is 40.2 Å². The van der Waals surface area contributed by atoms with E-state index in [0.717, 1.165) is 49.9 Å². The number of aliphatic hydroxyl groups excluding tert-OH is 2. The van der Waals surface area contributed by atoms with E-state index in [4.69, 9.17) is 27.7 Å². The number of unbranched alkanes of at least 4 members (excludes halogenated alkanes) is 2. The van der Waals surface area contributed by atoms with E-state index in [9.17, 15) is 40.2 Å². The van der Waals surface area contributed by atoms with Gasteiger partial charge in [-0.15, -0.1) is 0 Å². The zero-order valence-electron chi connectivity index (χ0n) is 71.0. The number of aryl methyl sites for hydroxylation is 4. The number of aromatic hydroxyl groups is 2. The number of hydrogen-bond donors (Lipinski definition) is 10. The highest BCUT2D eigenvalue weighted by atomic mass is 32.3. The topological polar surface area (TPSA) is 324 Å². The largest absolute Gasteiger partial charge is 0.872 e. The van der Waals surface area contributed by atoms with Gasteiger partial charge in [-0.2, -0.15) is 17.6 Å². The summed E-state index contributed by atoms with van der Waals surface area (Å²) in [6.45, 7) is 16.0. The Bertz CT molecular complexity index is 5710. The molecule has 10 aromatic carbocycles. The number of aliphatic hydroxyl groups is 2. The summed E-state index contributed by atoms with van der Waals surface area (Å²) in [6.07, 6.45) is 12.3. The number of nitrogens with one attached hydrogen (secondary N) is 2. The second-order valence-electron chi connectivity index (χ2n) is 30.0. The summed E-state index contributed by atoms with van der Waals surface area (Å²) in [5.74, 6) is -3.61. The molecule has 0 saturated heterocycles. The van der Waals surface area contributed by atoms with Crippen molar-refractivity contribution in [1.82, 2.24) is 19.8 Å². The number of carboxylic acid groups (broad SMARTS) is 2. The lowest BCUT2D eigenvalue weighted by atomic mass is 9.90. The molecule has 2 atom stereocenters. The lowest BCUT2D eigenvalue weighted by Crippen LogP contribution is -2.32. The molecule has 0 aliphatic carbocycles. The quantitative estimate of drug-likeness (QED) is 0.0153. The Morgan fingerprint density at radius 3 is 1.14 bits per heavy atom. The van der Waals surface area contributed by atoms with Crippen LogP contribution in [0.3, 0.4) is 0 Å². The molecule has 0 aliphatic heterocycles. The highest BCUT2D eigenvalue weighted by molar-refractivity contribution is 7.79. The van der Waals surface area contributed by atoms with Gasteiger partial charge >= 0.3 is 22.3 Å². The molecule has 4 heterocycles. The molecule has 0 amide bonds. The second-order valence-corrected chi connectivity index (χ2v) is 30.9. The molecule has 14 rings (SSSR count). The van der Waals surface area contributed by atoms with E-state index in [2.05, 4.69) is 280 Å². The summed E-state index contributed by atoms with van der Waals surface area (Å²) in [5, 5.41) is 93.4. The molecule has 0 bridgehead atoms. The molecule has 23 heteroatoms. The summed E-state index contributed by atoms with van der Waals surface area (Å²) in [6, 6.07) is 77.1. The smallest absolute Gasteiger partial charge is 0.394 e. The Hall–Kier alpha value is -13.0. The minimum Gasteiger partial charge on any atom is -0.872 e. The first kappa shape index (κ1) is 92.9. The first-order valence-corrected chi connectivity index (χ1v) is 41.7. The van der Waals surface area contributed by atoms with E-state index in [1.165, 1.54) is 102 Å². The Balaban J connectivity index is 0.000000175. The van der Waals surface area contributed by atoms with E-state index in [1.807, 2.05) is 0 Å². The van der Waals surface area contributed by atoms with Crippen molar-refractivity contribution in [3.63, 3.8) is 0 Å². The lowest BCUT2D eigenvalue weighted by molar-refractivity contribution is -0.646. The summed E-state index contributed by atoms with van der Waals surface area (Å²) >= 11 is 0. The van der Waals surface area contributed by atoms with Gasteiger partial charge in [-0.3, -0.25) is 9.11 Å². The maximum absolute atomic E-state index is 12.9. The number of benzene rings is 10. The Labute approximate surface area is 714 Å². The van der Waals surface area contributed by atoms with Crippen molar-refractivity contribution < 1.29 is 77.1 Å². The van der Waals surface area contributed by atoms with Crippen molar-refractivity contribution >= 4 is 101 Å². The zero-order chi connectivity index (χ0) is 88.5. The number of rotatable bonds is 24. The monoisotopic (exact) mass is 1670 g/mol. The van der Waals surface area contributed by atoms with Gasteiger partial charge in [0, 0.05) is 134 Å². The number of phenolic OH excluding ortho intramolecular Hbond substituents is 2. The molecule has 122 heavy (non-hydrogen) atoms. The van der Waals surface area contributed by atoms with Crippen LogP contribution >= 0.6 is 0 Å². The van der Waals surface area contributed by atoms with Gasteiger partial charge in [0.15, 0.2) is 0 Å². The number of phenols is 2. The van der Waals surface area contributed by atoms with Crippen molar-refractivity contribution in [2.75, 3.05) is 64.2 Å². The fourth-order valence-electron chi connectivity index (χ4n) is 14.3. The van der Waals surface area contributed by atoms with Gasteiger partial charge in [0.05, 0.1) is 23.3 Å². The molecule has 4 aromatic heterocycles. The SMILES string of the molecule is CCCCNCC(O)c1ccc(O)cc1.CCCCNCC(O)c1ccc(O)cc1.Cc1cc(/C=C/c2ccc3cc(N(C)C)ccc3[n+]2C)c(C)n1-c1ccccc1.Cc1cc(/C=C/c2ccc3cc(N(C)C)ccc3[n+]2C)c(C)n1-c1ccccc1.O=C(O)c1cc2ccccc2c(Cc2c([O-])c(C(=O)O)cc3ccccc23)c1[O-].O=S(=O)(O)O. The number of carboxylic acids is 2. The predicted octanol–water partition coefficient (Wildman–Crippen LogP) is 16.7. The van der Waals surface area contributed by atoms with Gasteiger partial charge in [0.1, 0.15) is 25.6 Å². The average molecular weight is 1670 g/mol. The van der Waals surface area contributed by atoms with Gasteiger partial charge in [-0.1, -0.05) is 147 Å². The van der Waals surface area contributed by atoms with Gasteiger partial charge in [0.2, 0.25) is 22.4 Å². The minimum atomic E-state index is -4.67. The number of aromatic nitrogens is 4. The number of hydrogen-bond acceptors (Lipinski definition) is 14. The van der Waals surface area contributed by atoms with E-state index >= 15 is 0 Å². The molecule has 22 nitrogen and oxygen atoms in total. The zero-order valence-corrected chi connectivity index (χ0v) is 71.9. The van der Waals surface area contributed by atoms with Crippen molar-refractivity contribution in [2.24, 2.45) is 14.1 Å². The number of para-hydroxylation sites is 2. The van der Waals surface area contributed by atoms with Gasteiger partial charge in [0.25, 0.3) is 0 Å². The van der Waals surface area contributed by atoms with Crippen LogP contribution in [-0.2, 0) is 30.9 Å². The highest BCUT2D eigenvalue weighted by Crippen LogP contribution is 2.38. The molecule has 0 spiro atoms. The molecular weight excluding hydrogens is 1560 g/mol. The van der Waals surface area contributed by atoms with Gasteiger partial charge < -0.3 is 70.4 Å². The van der Waals surface area contributed by atoms with Gasteiger partial charge in [-0.05, 0) is 236 Å². The number of aromatic carboxylic acids is 2. The number of nitrogens with zero attached hydrogens (tertiary/aromatic N) is 6. The van der Waals surface area contributed by atoms with Crippen LogP contribution in [0.1, 0.15) is 140 Å². The van der Waals surface area contributed by atoms with Crippen LogP contribution in [0.5, 0.6) is 23.0 Å². The molecular formula is C99H110N8O14S. The lowest BCUT2D eigenvalue weighted by Gasteiger charge is -2.24. The number of anilines is 2. The maximum atomic E-state index is 12.9. The third kappa shape index (κ3) is 25.1. The fraction of sp³-hybridized carbons (Fsp3) is 0.232. The Morgan fingerprint density at radius 1 is 0.459 bits per heavy atom. The standard InChI is InChI=1S/2C26H28N3.C23H16O6.2C12H19NO2.H2O4S/c2*1-19-17-21(20(2)29(19)24-9-7-6-8-10-24)11-13-23-14-12-22-18-25(27(3)4)15-16-26(22)28(23)5;24-20-16(14-7-3-1-5-12(14)9-18(20)22(26)27)11-17-15-8-4-2-6-13(15)10-19(21(17)25)23(28)29;2*1-2-3-8-13-9-12(15)10-4-6-11(14)7-5-10;1-5(2,3)4/h2*6-18H,1-5H3;1-10,24-25H,11H2,(H,26,27)(H,28,29);2*4-7,12-15H,2-3,8-9H2,1H3;(H2,1,2,3,4)/q2*+1;;;;/p-2. The molecule has 0 saturated carbocycles. The minimum absolute atomic E-state index is 0.158. The second kappa shape index (κ2) is 43.8. The first-order chi connectivity index (χ1) is 58.3. The predicted molar refractivity (Wildman–Crippen MR) is 487 cm³/mol. The normalized spacial score (nSPS) is 11.7. The van der Waals surface area contributed by atoms with Crippen molar-refractivity contribution in [3.8, 4) is 34.4 Å². The fourth-order valence-corrected chi connectivity index (χ4v) is 14.3. The molecule has 636 valence electrons. The van der Waals surface area contributed by atoms with Crippen LogP contribution in [0.4, 0.5) is 11.4 Å². The Morgan fingerprint density at radius 2 is 0.803 bits per heavy atom. The molecule has 0 radical (unpaired) electrons. The summed E-state index contributed by atoms with van der Waals surface area (Å²) in [7, 11) is 7.89. The van der Waals surface area contributed by atoms with Crippen molar-refractivity contribution in [1.29, 1.82) is 0 Å². The third-order valence-electron chi connectivity index (χ3n) is 20.9. The van der Waals surface area contributed by atoms with E-state index in [1.54, 1.807) is 97.1 Å². The van der Waals surface area contributed by atoms with E-state index in [0.29, 0.717) is 34.6 Å². The first-order valence-electron chi connectivity index (χ1n) is 40.3. The number of fused-ring (bicyclic) bond motifs is 4. The van der Waals surface area contributed by atoms with E-state index < -0.39 is 46.0 Å². The Kier molecular flexibility index (Phi) is 33.4. The molecule has 2 unspecified atom stereocenters. The molecule has 14 aromatic rings. The number of pyridine rings is 2. The van der Waals surface area contributed by atoms with Gasteiger partial charge in [-0.25, -0.2) is 9.59 Å². The summed E-state index contributed by atoms with van der Waals surface area (Å²) in [5.41, 5.74) is 18.4. The third-order valence-corrected chi connectivity index (χ3v) is 20.9. The number of carbonyl (C=O) groups is 2. The van der Waals surface area contributed by atoms with Crippen molar-refractivity contribution in [2.45, 2.75) is 85.9 Å². The van der Waals surface area contributed by atoms with Crippen LogP contribution in [0.2, 0.25) is 0 Å². The van der Waals surface area contributed by atoms with Crippen LogP contribution in [-0.4, -0.2) is 124 Å². The van der Waals surface area contributed by atoms with Crippen LogP contribution < -0.4 is 39.8 Å². The van der Waals surface area contributed by atoms with Crippen LogP contribution in [0.25, 0.3) is 79.0 Å². The average Bonchev–Trinajstić information content (AvgIpc) is 1.06. The molecule has 0 fully saturated rings. The maximum Gasteiger partial charge on any atom is 0.394 e. The summed E-state index contributed by atoms with van der Waals surface area (Å²) in [4.78, 5) is 27.4. The van der Waals surface area contributed by atoms with Crippen LogP contribution in [0, 0.1) is 27.7 Å².